The fourth-order valence-corrected chi connectivity index (χ4v) is 4.15. The van der Waals surface area contributed by atoms with Crippen LogP contribution in [0.2, 0.25) is 0 Å². The summed E-state index contributed by atoms with van der Waals surface area (Å²) in [6.07, 6.45) is 5.43. The van der Waals surface area contributed by atoms with Crippen molar-refractivity contribution in [1.29, 1.82) is 0 Å². The van der Waals surface area contributed by atoms with Crippen molar-refractivity contribution in [3.05, 3.63) is 36.7 Å². The van der Waals surface area contributed by atoms with E-state index in [9.17, 15) is 9.59 Å². The molecule has 1 aromatic carbocycles. The third kappa shape index (κ3) is 5.63. The SMILES string of the molecule is CCOc1ccccc1OC1CCCN(c2cncc(NC(=O)N3CCC(C(=O)O)C3)n2)C1. The molecule has 2 N–H and O–H groups in total. The fourth-order valence-electron chi connectivity index (χ4n) is 4.15. The smallest absolute Gasteiger partial charge is 0.323 e. The highest BCUT2D eigenvalue weighted by Crippen LogP contribution is 2.30. The van der Waals surface area contributed by atoms with E-state index in [1.165, 1.54) is 11.1 Å². The van der Waals surface area contributed by atoms with Crippen LogP contribution in [0.5, 0.6) is 11.5 Å². The number of urea groups is 1. The number of rotatable bonds is 7. The lowest BCUT2D eigenvalue weighted by Crippen LogP contribution is -2.41. The summed E-state index contributed by atoms with van der Waals surface area (Å²) >= 11 is 0. The van der Waals surface area contributed by atoms with Crippen LogP contribution in [0.4, 0.5) is 16.4 Å². The number of ether oxygens (including phenoxy) is 2. The highest BCUT2D eigenvalue weighted by molar-refractivity contribution is 5.89. The van der Waals surface area contributed by atoms with Gasteiger partial charge in [-0.25, -0.2) is 9.78 Å². The summed E-state index contributed by atoms with van der Waals surface area (Å²) in [5.41, 5.74) is 0. The molecule has 0 spiro atoms. The number of anilines is 2. The van der Waals surface area contributed by atoms with Crippen molar-refractivity contribution in [2.45, 2.75) is 32.3 Å². The van der Waals surface area contributed by atoms with E-state index in [0.717, 1.165) is 30.9 Å². The zero-order valence-corrected chi connectivity index (χ0v) is 18.6. The molecule has 0 radical (unpaired) electrons. The number of likely N-dealkylation sites (tertiary alicyclic amines) is 1. The van der Waals surface area contributed by atoms with Gasteiger partial charge >= 0.3 is 12.0 Å². The minimum Gasteiger partial charge on any atom is -0.490 e. The quantitative estimate of drug-likeness (QED) is 0.655. The summed E-state index contributed by atoms with van der Waals surface area (Å²) in [4.78, 5) is 36.0. The molecule has 4 rings (SSSR count). The number of aromatic nitrogens is 2. The molecule has 176 valence electrons. The van der Waals surface area contributed by atoms with E-state index in [1.54, 1.807) is 6.20 Å². The first-order chi connectivity index (χ1) is 16.0. The van der Waals surface area contributed by atoms with Crippen LogP contribution in [-0.2, 0) is 4.79 Å². The summed E-state index contributed by atoms with van der Waals surface area (Å²) in [5.74, 6) is 1.05. The van der Waals surface area contributed by atoms with Gasteiger partial charge in [0.1, 0.15) is 11.9 Å². The Kier molecular flexibility index (Phi) is 7.11. The summed E-state index contributed by atoms with van der Waals surface area (Å²) in [5, 5.41) is 11.9. The second-order valence-electron chi connectivity index (χ2n) is 8.17. The molecule has 0 saturated carbocycles. The number of amides is 2. The van der Waals surface area contributed by atoms with Gasteiger partial charge in [-0.15, -0.1) is 0 Å². The Morgan fingerprint density at radius 2 is 1.97 bits per heavy atom. The normalized spacial score (nSPS) is 20.4. The van der Waals surface area contributed by atoms with Gasteiger partial charge in [0.25, 0.3) is 0 Å². The molecule has 2 unspecified atom stereocenters. The average Bonchev–Trinajstić information content (AvgIpc) is 3.32. The molecule has 10 heteroatoms. The molecule has 2 aliphatic rings. The summed E-state index contributed by atoms with van der Waals surface area (Å²) < 4.78 is 11.9. The zero-order valence-electron chi connectivity index (χ0n) is 18.6. The van der Waals surface area contributed by atoms with Gasteiger partial charge in [-0.05, 0) is 38.3 Å². The highest BCUT2D eigenvalue weighted by Gasteiger charge is 2.31. The van der Waals surface area contributed by atoms with E-state index >= 15 is 0 Å². The topological polar surface area (TPSA) is 117 Å². The number of nitrogens with zero attached hydrogens (tertiary/aromatic N) is 4. The van der Waals surface area contributed by atoms with Gasteiger partial charge in [-0.1, -0.05) is 12.1 Å². The van der Waals surface area contributed by atoms with E-state index in [2.05, 4.69) is 20.2 Å². The lowest BCUT2D eigenvalue weighted by atomic mass is 10.1. The van der Waals surface area contributed by atoms with Crippen LogP contribution in [0.3, 0.4) is 0 Å². The van der Waals surface area contributed by atoms with E-state index < -0.39 is 11.9 Å². The highest BCUT2D eigenvalue weighted by atomic mass is 16.5. The molecule has 2 aliphatic heterocycles. The van der Waals surface area contributed by atoms with Gasteiger partial charge in [0.2, 0.25) is 0 Å². The minimum absolute atomic E-state index is 0.0297. The minimum atomic E-state index is -0.877. The van der Waals surface area contributed by atoms with E-state index in [-0.39, 0.29) is 18.7 Å². The standard InChI is InChI=1S/C23H29N5O5/c1-2-32-18-7-3-4-8-19(18)33-17-6-5-10-27(15-17)21-13-24-12-20(25-21)26-23(31)28-11-9-16(14-28)22(29)30/h3-4,7-8,12-13,16-17H,2,5-6,9-11,14-15H2,1H3,(H,29,30)(H,25,26,31). The second kappa shape index (κ2) is 10.4. The number of carboxylic acids is 1. The largest absolute Gasteiger partial charge is 0.490 e. The van der Waals surface area contributed by atoms with Gasteiger partial charge < -0.3 is 24.4 Å². The molecular weight excluding hydrogens is 426 g/mol. The molecule has 2 fully saturated rings. The lowest BCUT2D eigenvalue weighted by molar-refractivity contribution is -0.141. The van der Waals surface area contributed by atoms with Gasteiger partial charge in [-0.2, -0.15) is 0 Å². The molecule has 0 aliphatic carbocycles. The van der Waals surface area contributed by atoms with Crippen LogP contribution in [0.15, 0.2) is 36.7 Å². The van der Waals surface area contributed by atoms with Crippen molar-refractivity contribution >= 4 is 23.6 Å². The number of aliphatic carboxylic acids is 1. The Morgan fingerprint density at radius 1 is 1.15 bits per heavy atom. The molecule has 2 saturated heterocycles. The molecule has 1 aromatic heterocycles. The number of carbonyl (C=O) groups excluding carboxylic acids is 1. The van der Waals surface area contributed by atoms with Gasteiger partial charge in [-0.3, -0.25) is 15.1 Å². The number of hydrogen-bond acceptors (Lipinski definition) is 7. The first kappa shape index (κ1) is 22.6. The van der Waals surface area contributed by atoms with Gasteiger partial charge in [0.15, 0.2) is 17.3 Å². The molecule has 33 heavy (non-hydrogen) atoms. The molecule has 2 amide bonds. The molecular formula is C23H29N5O5. The molecule has 10 nitrogen and oxygen atoms in total. The first-order valence-corrected chi connectivity index (χ1v) is 11.3. The van der Waals surface area contributed by atoms with Crippen LogP contribution in [0, 0.1) is 5.92 Å². The molecule has 2 atom stereocenters. The number of para-hydroxylation sites is 2. The summed E-state index contributed by atoms with van der Waals surface area (Å²) in [6.45, 7) is 4.56. The Morgan fingerprint density at radius 3 is 2.73 bits per heavy atom. The number of piperidine rings is 1. The third-order valence-corrected chi connectivity index (χ3v) is 5.83. The van der Waals surface area contributed by atoms with Crippen molar-refractivity contribution in [1.82, 2.24) is 14.9 Å². The average molecular weight is 456 g/mol. The number of hydrogen-bond donors (Lipinski definition) is 2. The van der Waals surface area contributed by atoms with Crippen molar-refractivity contribution in [2.75, 3.05) is 43.0 Å². The third-order valence-electron chi connectivity index (χ3n) is 5.83. The summed E-state index contributed by atoms with van der Waals surface area (Å²) in [6, 6.07) is 7.29. The van der Waals surface area contributed by atoms with Crippen molar-refractivity contribution in [2.24, 2.45) is 5.92 Å². The fraction of sp³-hybridized carbons (Fsp3) is 0.478. The number of carboxylic acid groups (broad SMARTS) is 1. The Balaban J connectivity index is 1.38. The Labute approximate surface area is 192 Å². The van der Waals surface area contributed by atoms with Crippen molar-refractivity contribution in [3.63, 3.8) is 0 Å². The lowest BCUT2D eigenvalue weighted by Gasteiger charge is -2.33. The molecule has 0 bridgehead atoms. The van der Waals surface area contributed by atoms with Crippen LogP contribution >= 0.6 is 0 Å². The van der Waals surface area contributed by atoms with Crippen molar-refractivity contribution in [3.8, 4) is 11.5 Å². The Hall–Kier alpha value is -3.56. The maximum atomic E-state index is 12.5. The predicted molar refractivity (Wildman–Crippen MR) is 122 cm³/mol. The van der Waals surface area contributed by atoms with Crippen LogP contribution in [-0.4, -0.2) is 70.9 Å². The first-order valence-electron chi connectivity index (χ1n) is 11.3. The predicted octanol–water partition coefficient (Wildman–Crippen LogP) is 2.86. The summed E-state index contributed by atoms with van der Waals surface area (Å²) in [7, 11) is 0. The van der Waals surface area contributed by atoms with Gasteiger partial charge in [0, 0.05) is 19.6 Å². The maximum Gasteiger partial charge on any atom is 0.323 e. The van der Waals surface area contributed by atoms with E-state index in [4.69, 9.17) is 14.6 Å². The van der Waals surface area contributed by atoms with E-state index in [1.807, 2.05) is 31.2 Å². The number of carbonyl (C=O) groups is 2. The van der Waals surface area contributed by atoms with Crippen LogP contribution in [0.1, 0.15) is 26.2 Å². The Bertz CT molecular complexity index is 987. The second-order valence-corrected chi connectivity index (χ2v) is 8.17. The maximum absolute atomic E-state index is 12.5. The van der Waals surface area contributed by atoms with Crippen LogP contribution in [0.25, 0.3) is 0 Å². The number of nitrogens with one attached hydrogen (secondary N) is 1. The monoisotopic (exact) mass is 455 g/mol. The van der Waals surface area contributed by atoms with Gasteiger partial charge in [0.05, 0.1) is 31.5 Å². The zero-order chi connectivity index (χ0) is 23.2. The molecule has 2 aromatic rings. The van der Waals surface area contributed by atoms with Crippen LogP contribution < -0.4 is 19.7 Å². The number of benzene rings is 1. The van der Waals surface area contributed by atoms with Crippen molar-refractivity contribution < 1.29 is 24.2 Å². The van der Waals surface area contributed by atoms with E-state index in [0.29, 0.717) is 37.8 Å². The molecule has 3 heterocycles.